The van der Waals surface area contributed by atoms with E-state index in [0.29, 0.717) is 42.9 Å². The van der Waals surface area contributed by atoms with Crippen molar-refractivity contribution in [2.24, 2.45) is 0 Å². The van der Waals surface area contributed by atoms with Crippen molar-refractivity contribution in [3.63, 3.8) is 0 Å². The van der Waals surface area contributed by atoms with Gasteiger partial charge in [-0.05, 0) is 18.6 Å². The van der Waals surface area contributed by atoms with Crippen molar-refractivity contribution in [1.29, 1.82) is 0 Å². The summed E-state index contributed by atoms with van der Waals surface area (Å²) in [5.74, 6) is -0.171. The summed E-state index contributed by atoms with van der Waals surface area (Å²) in [5, 5.41) is 0. The number of nitrogens with zero attached hydrogens (tertiary/aromatic N) is 3. The van der Waals surface area contributed by atoms with Crippen molar-refractivity contribution < 1.29 is 18.7 Å². The normalized spacial score (nSPS) is 16.8. The van der Waals surface area contributed by atoms with E-state index in [2.05, 4.69) is 9.97 Å². The minimum Gasteiger partial charge on any atom is -0.496 e. The van der Waals surface area contributed by atoms with Gasteiger partial charge in [0, 0.05) is 13.0 Å². The Kier molecular flexibility index (Phi) is 5.11. The molecule has 1 aliphatic rings. The topological polar surface area (TPSA) is 64.6 Å². The number of aromatic nitrogens is 2. The monoisotopic (exact) mass is 345 g/mol. The van der Waals surface area contributed by atoms with Gasteiger partial charge in [-0.15, -0.1) is 0 Å². The molecule has 1 aromatic heterocycles. The van der Waals surface area contributed by atoms with Gasteiger partial charge in [0.25, 0.3) is 11.8 Å². The van der Waals surface area contributed by atoms with Crippen LogP contribution in [0.5, 0.6) is 11.6 Å². The molecule has 132 valence electrons. The van der Waals surface area contributed by atoms with Gasteiger partial charge in [-0.1, -0.05) is 19.1 Å². The molecule has 0 saturated carbocycles. The molecule has 0 spiro atoms. The van der Waals surface area contributed by atoms with Crippen molar-refractivity contribution in [1.82, 2.24) is 14.9 Å². The van der Waals surface area contributed by atoms with Gasteiger partial charge in [0.05, 0.1) is 24.9 Å². The first-order valence-corrected chi connectivity index (χ1v) is 8.22. The summed E-state index contributed by atoms with van der Waals surface area (Å²) < 4.78 is 25.1. The molecule has 25 heavy (non-hydrogen) atoms. The smallest absolute Gasteiger partial charge is 0.257 e. The summed E-state index contributed by atoms with van der Waals surface area (Å²) in [4.78, 5) is 22.1. The highest BCUT2D eigenvalue weighted by molar-refractivity contribution is 5.97. The van der Waals surface area contributed by atoms with E-state index in [-0.39, 0.29) is 17.9 Å². The van der Waals surface area contributed by atoms with E-state index in [4.69, 9.17) is 9.47 Å². The fraction of sp³-hybridized carbons (Fsp3) is 0.389. The summed E-state index contributed by atoms with van der Waals surface area (Å²) in [6.45, 7) is 2.73. The third kappa shape index (κ3) is 3.55. The van der Waals surface area contributed by atoms with Crippen LogP contribution in [0, 0.1) is 5.82 Å². The number of para-hydroxylation sites is 1. The van der Waals surface area contributed by atoms with Crippen molar-refractivity contribution in [2.75, 3.05) is 20.2 Å². The van der Waals surface area contributed by atoms with Crippen LogP contribution in [0.25, 0.3) is 0 Å². The first-order chi connectivity index (χ1) is 12.1. The molecule has 1 aromatic carbocycles. The van der Waals surface area contributed by atoms with E-state index in [1.165, 1.54) is 13.4 Å². The fourth-order valence-electron chi connectivity index (χ4n) is 2.87. The lowest BCUT2D eigenvalue weighted by molar-refractivity contribution is 0.0766. The second-order valence-corrected chi connectivity index (χ2v) is 5.77. The average molecular weight is 345 g/mol. The number of aryl methyl sites for hydroxylation is 1. The van der Waals surface area contributed by atoms with Crippen molar-refractivity contribution in [3.05, 3.63) is 47.7 Å². The molecular formula is C18H20FN3O3. The molecule has 1 atom stereocenters. The lowest BCUT2D eigenvalue weighted by atomic mass is 10.2. The van der Waals surface area contributed by atoms with Crippen LogP contribution in [0.15, 0.2) is 30.6 Å². The Labute approximate surface area is 145 Å². The molecule has 7 heteroatoms. The number of benzene rings is 1. The molecule has 1 aliphatic heterocycles. The third-order valence-corrected chi connectivity index (χ3v) is 4.21. The number of carbonyl (C=O) groups excluding carboxylic acids is 1. The summed E-state index contributed by atoms with van der Waals surface area (Å²) in [6, 6.07) is 7.09. The SMILES string of the molecule is CCc1ncnc(O[C@H]2CCN(C(=O)c3ccccc3OC)C2)c1F. The van der Waals surface area contributed by atoms with Gasteiger partial charge >= 0.3 is 0 Å². The molecule has 2 heterocycles. The number of hydrogen-bond acceptors (Lipinski definition) is 5. The standard InChI is InChI=1S/C18H20FN3O3/c1-3-14-16(19)17(21-11-20-14)25-12-8-9-22(10-12)18(23)13-6-4-5-7-15(13)24-2/h4-7,11-12H,3,8-10H2,1-2H3/t12-/m0/s1. The molecule has 6 nitrogen and oxygen atoms in total. The third-order valence-electron chi connectivity index (χ3n) is 4.21. The van der Waals surface area contributed by atoms with Crippen molar-refractivity contribution in [3.8, 4) is 11.6 Å². The van der Waals surface area contributed by atoms with E-state index in [1.54, 1.807) is 23.1 Å². The van der Waals surface area contributed by atoms with Crippen LogP contribution in [-0.2, 0) is 6.42 Å². The summed E-state index contributed by atoms with van der Waals surface area (Å²) in [6.07, 6.45) is 2.08. The van der Waals surface area contributed by atoms with Crippen LogP contribution in [0.3, 0.4) is 0 Å². The van der Waals surface area contributed by atoms with Gasteiger partial charge in [-0.25, -0.2) is 4.98 Å². The maximum Gasteiger partial charge on any atom is 0.257 e. The largest absolute Gasteiger partial charge is 0.496 e. The van der Waals surface area contributed by atoms with Gasteiger partial charge in [-0.2, -0.15) is 9.37 Å². The van der Waals surface area contributed by atoms with Gasteiger partial charge in [0.2, 0.25) is 5.82 Å². The number of ether oxygens (including phenoxy) is 2. The van der Waals surface area contributed by atoms with Crippen LogP contribution in [0.1, 0.15) is 29.4 Å². The van der Waals surface area contributed by atoms with Crippen LogP contribution in [-0.4, -0.2) is 47.1 Å². The zero-order valence-electron chi connectivity index (χ0n) is 14.2. The van der Waals surface area contributed by atoms with Crippen LogP contribution in [0.2, 0.25) is 0 Å². The second kappa shape index (κ2) is 7.46. The number of amides is 1. The van der Waals surface area contributed by atoms with E-state index >= 15 is 0 Å². The zero-order chi connectivity index (χ0) is 17.8. The lowest BCUT2D eigenvalue weighted by Gasteiger charge is -2.18. The molecule has 1 fully saturated rings. The molecule has 0 radical (unpaired) electrons. The first kappa shape index (κ1) is 17.1. The summed E-state index contributed by atoms with van der Waals surface area (Å²) >= 11 is 0. The number of carbonyl (C=O) groups is 1. The van der Waals surface area contributed by atoms with E-state index in [1.807, 2.05) is 13.0 Å². The van der Waals surface area contributed by atoms with Crippen molar-refractivity contribution in [2.45, 2.75) is 25.9 Å². The number of likely N-dealkylation sites (tertiary alicyclic amines) is 1. The van der Waals surface area contributed by atoms with Gasteiger partial charge < -0.3 is 14.4 Å². The molecule has 0 aliphatic carbocycles. The fourth-order valence-corrected chi connectivity index (χ4v) is 2.87. The highest BCUT2D eigenvalue weighted by Gasteiger charge is 2.30. The molecule has 0 N–H and O–H groups in total. The number of rotatable bonds is 5. The molecular weight excluding hydrogens is 325 g/mol. The van der Waals surface area contributed by atoms with Crippen LogP contribution >= 0.6 is 0 Å². The van der Waals surface area contributed by atoms with E-state index in [9.17, 15) is 9.18 Å². The highest BCUT2D eigenvalue weighted by Crippen LogP contribution is 2.24. The van der Waals surface area contributed by atoms with E-state index in [0.717, 1.165) is 0 Å². The molecule has 0 unspecified atom stereocenters. The predicted molar refractivity (Wildman–Crippen MR) is 89.3 cm³/mol. The average Bonchev–Trinajstić information content (AvgIpc) is 3.11. The Morgan fingerprint density at radius 3 is 2.92 bits per heavy atom. The Morgan fingerprint density at radius 2 is 2.16 bits per heavy atom. The van der Waals surface area contributed by atoms with Gasteiger partial charge in [-0.3, -0.25) is 4.79 Å². The maximum atomic E-state index is 14.2. The molecule has 2 aromatic rings. The maximum absolute atomic E-state index is 14.2. The quantitative estimate of drug-likeness (QED) is 0.833. The predicted octanol–water partition coefficient (Wildman–Crippen LogP) is 2.48. The lowest BCUT2D eigenvalue weighted by Crippen LogP contribution is -2.31. The van der Waals surface area contributed by atoms with Crippen LogP contribution in [0.4, 0.5) is 4.39 Å². The minimum atomic E-state index is -0.528. The molecule has 0 bridgehead atoms. The minimum absolute atomic E-state index is 0.0524. The Balaban J connectivity index is 1.69. The summed E-state index contributed by atoms with van der Waals surface area (Å²) in [7, 11) is 1.53. The molecule has 3 rings (SSSR count). The van der Waals surface area contributed by atoms with Crippen LogP contribution < -0.4 is 9.47 Å². The van der Waals surface area contributed by atoms with Gasteiger partial charge in [0.1, 0.15) is 18.2 Å². The number of methoxy groups -OCH3 is 1. The zero-order valence-corrected chi connectivity index (χ0v) is 14.2. The highest BCUT2D eigenvalue weighted by atomic mass is 19.1. The Bertz CT molecular complexity index is 769. The molecule has 1 amide bonds. The number of halogens is 1. The second-order valence-electron chi connectivity index (χ2n) is 5.77. The molecule has 1 saturated heterocycles. The Hall–Kier alpha value is -2.70. The number of hydrogen-bond donors (Lipinski definition) is 0. The first-order valence-electron chi connectivity index (χ1n) is 8.22. The Morgan fingerprint density at radius 1 is 1.36 bits per heavy atom. The summed E-state index contributed by atoms with van der Waals surface area (Å²) in [5.41, 5.74) is 0.831. The van der Waals surface area contributed by atoms with Gasteiger partial charge in [0.15, 0.2) is 0 Å². The van der Waals surface area contributed by atoms with E-state index < -0.39 is 5.82 Å². The van der Waals surface area contributed by atoms with Crippen molar-refractivity contribution >= 4 is 5.91 Å².